The van der Waals surface area contributed by atoms with E-state index < -0.39 is 0 Å². The van der Waals surface area contributed by atoms with E-state index in [2.05, 4.69) is 131 Å². The van der Waals surface area contributed by atoms with Gasteiger partial charge in [0, 0.05) is 37.7 Å². The van der Waals surface area contributed by atoms with Gasteiger partial charge >= 0.3 is 0 Å². The van der Waals surface area contributed by atoms with Crippen LogP contribution in [0.2, 0.25) is 0 Å². The van der Waals surface area contributed by atoms with Crippen LogP contribution in [0.25, 0.3) is 0 Å². The molecule has 0 saturated heterocycles. The first-order valence-corrected chi connectivity index (χ1v) is 19.5. The minimum Gasteiger partial charge on any atom is -0.348 e. The van der Waals surface area contributed by atoms with Crippen LogP contribution in [0.15, 0.2) is 121 Å². The van der Waals surface area contributed by atoms with Crippen molar-refractivity contribution in [2.45, 2.75) is 39.0 Å². The van der Waals surface area contributed by atoms with Crippen LogP contribution in [0, 0.1) is 0 Å². The molecular formula is C34H36N2S6. The summed E-state index contributed by atoms with van der Waals surface area (Å²) in [6.07, 6.45) is 2.32. The van der Waals surface area contributed by atoms with Crippen molar-refractivity contribution in [2.24, 2.45) is 0 Å². The number of rotatable bonds is 15. The molecule has 0 amide bonds. The third-order valence-electron chi connectivity index (χ3n) is 6.35. The third-order valence-corrected chi connectivity index (χ3v) is 12.6. The van der Waals surface area contributed by atoms with Crippen LogP contribution in [0.4, 0.5) is 0 Å². The normalized spacial score (nSPS) is 10.8. The van der Waals surface area contributed by atoms with Crippen LogP contribution in [0.5, 0.6) is 0 Å². The maximum atomic E-state index is 5.88. The summed E-state index contributed by atoms with van der Waals surface area (Å²) in [5, 5.41) is 0. The molecule has 0 aliphatic carbocycles. The quantitative estimate of drug-likeness (QED) is 0.0695. The Morgan fingerprint density at radius 2 is 0.690 bits per heavy atom. The molecule has 8 heteroatoms. The fourth-order valence-corrected chi connectivity index (χ4v) is 9.25. The van der Waals surface area contributed by atoms with E-state index in [9.17, 15) is 0 Å². The summed E-state index contributed by atoms with van der Waals surface area (Å²) < 4.78 is 1.89. The number of hydrogen-bond donors (Lipinski definition) is 0. The van der Waals surface area contributed by atoms with Gasteiger partial charge in [-0.1, -0.05) is 167 Å². The predicted octanol–water partition coefficient (Wildman–Crippen LogP) is 10.5. The van der Waals surface area contributed by atoms with Crippen molar-refractivity contribution in [3.8, 4) is 0 Å². The van der Waals surface area contributed by atoms with Crippen LogP contribution in [0.1, 0.15) is 35.1 Å². The average Bonchev–Trinajstić information content (AvgIpc) is 3.03. The molecule has 0 N–H and O–H groups in total. The van der Waals surface area contributed by atoms with Crippen molar-refractivity contribution in [3.63, 3.8) is 0 Å². The molecule has 4 aromatic rings. The summed E-state index contributed by atoms with van der Waals surface area (Å²) in [5.41, 5.74) is 5.11. The highest BCUT2D eigenvalue weighted by atomic mass is 33.1. The molecule has 0 atom stereocenters. The molecule has 4 aromatic carbocycles. The van der Waals surface area contributed by atoms with Gasteiger partial charge in [0.2, 0.25) is 0 Å². The zero-order valence-electron chi connectivity index (χ0n) is 23.5. The van der Waals surface area contributed by atoms with Gasteiger partial charge in [-0.15, -0.1) is 0 Å². The molecule has 2 nitrogen and oxygen atoms in total. The zero-order chi connectivity index (χ0) is 29.2. The Balaban J connectivity index is 1.16. The van der Waals surface area contributed by atoms with Gasteiger partial charge in [0.1, 0.15) is 8.64 Å². The number of benzene rings is 4. The Morgan fingerprint density at radius 1 is 0.429 bits per heavy atom. The summed E-state index contributed by atoms with van der Waals surface area (Å²) in [4.78, 5) is 4.61. The van der Waals surface area contributed by atoms with Crippen molar-refractivity contribution in [1.82, 2.24) is 9.80 Å². The summed E-state index contributed by atoms with van der Waals surface area (Å²) in [6.45, 7) is 3.28. The van der Waals surface area contributed by atoms with Crippen molar-refractivity contribution in [2.75, 3.05) is 11.5 Å². The molecule has 0 spiro atoms. The van der Waals surface area contributed by atoms with E-state index in [1.807, 2.05) is 21.6 Å². The fraction of sp³-hybridized carbons (Fsp3) is 0.235. The Hall–Kier alpha value is -1.94. The van der Waals surface area contributed by atoms with Crippen molar-refractivity contribution in [3.05, 3.63) is 144 Å². The van der Waals surface area contributed by atoms with Crippen molar-refractivity contribution in [1.29, 1.82) is 0 Å². The molecule has 0 radical (unpaired) electrons. The molecule has 0 fully saturated rings. The summed E-state index contributed by atoms with van der Waals surface area (Å²) in [7, 11) is 7.20. The van der Waals surface area contributed by atoms with E-state index >= 15 is 0 Å². The van der Waals surface area contributed by atoms with E-state index in [1.165, 1.54) is 22.3 Å². The van der Waals surface area contributed by atoms with Crippen LogP contribution >= 0.6 is 67.6 Å². The molecular weight excluding hydrogens is 629 g/mol. The number of unbranched alkanes of at least 4 members (excludes halogenated alkanes) is 1. The largest absolute Gasteiger partial charge is 0.348 e. The van der Waals surface area contributed by atoms with E-state index in [4.69, 9.17) is 24.4 Å². The number of nitrogens with zero attached hydrogens (tertiary/aromatic N) is 2. The number of thiocarbonyl (C=S) groups is 2. The second-order valence-electron chi connectivity index (χ2n) is 9.70. The first-order chi connectivity index (χ1) is 20.7. The molecule has 4 rings (SSSR count). The lowest BCUT2D eigenvalue weighted by Gasteiger charge is -2.25. The average molecular weight is 665 g/mol. The monoisotopic (exact) mass is 664 g/mol. The highest BCUT2D eigenvalue weighted by molar-refractivity contribution is 8.84. The second kappa shape index (κ2) is 19.4. The van der Waals surface area contributed by atoms with Crippen LogP contribution < -0.4 is 0 Å². The molecule has 0 aliphatic heterocycles. The molecule has 0 unspecified atom stereocenters. The topological polar surface area (TPSA) is 6.48 Å². The molecule has 42 heavy (non-hydrogen) atoms. The summed E-state index contributed by atoms with van der Waals surface area (Å²) >= 11 is 11.8. The first-order valence-electron chi connectivity index (χ1n) is 14.0. The maximum Gasteiger partial charge on any atom is 0.147 e. The van der Waals surface area contributed by atoms with Gasteiger partial charge in [0.25, 0.3) is 0 Å². The molecule has 0 bridgehead atoms. The SMILES string of the molecule is S=C(SSCCCCSSC(=S)N(Cc1ccccc1)Cc1ccccc1)N(Cc1ccccc1)Cc1ccccc1. The highest BCUT2D eigenvalue weighted by Crippen LogP contribution is 2.31. The molecule has 0 aromatic heterocycles. The molecule has 218 valence electrons. The lowest BCUT2D eigenvalue weighted by molar-refractivity contribution is 0.421. The molecule has 0 aliphatic rings. The van der Waals surface area contributed by atoms with Crippen LogP contribution in [-0.4, -0.2) is 29.9 Å². The van der Waals surface area contributed by atoms with Gasteiger partial charge in [-0.05, 0) is 56.7 Å². The van der Waals surface area contributed by atoms with Gasteiger partial charge in [-0.25, -0.2) is 0 Å². The summed E-state index contributed by atoms with van der Waals surface area (Å²) in [6, 6.07) is 42.3. The van der Waals surface area contributed by atoms with E-state index in [0.717, 1.165) is 59.2 Å². The number of hydrogen-bond acceptors (Lipinski definition) is 6. The zero-order valence-corrected chi connectivity index (χ0v) is 28.4. The van der Waals surface area contributed by atoms with Gasteiger partial charge < -0.3 is 9.80 Å². The van der Waals surface area contributed by atoms with Crippen LogP contribution in [0.3, 0.4) is 0 Å². The van der Waals surface area contributed by atoms with Crippen molar-refractivity contribution >= 4 is 76.3 Å². The third kappa shape index (κ3) is 12.3. The van der Waals surface area contributed by atoms with Gasteiger partial charge in [0.05, 0.1) is 0 Å². The Kier molecular flexibility index (Phi) is 15.2. The van der Waals surface area contributed by atoms with E-state index in [0.29, 0.717) is 0 Å². The summed E-state index contributed by atoms with van der Waals surface area (Å²) in [5.74, 6) is 2.16. The maximum absolute atomic E-state index is 5.88. The van der Waals surface area contributed by atoms with Gasteiger partial charge in [0.15, 0.2) is 0 Å². The van der Waals surface area contributed by atoms with E-state index in [-0.39, 0.29) is 0 Å². The lowest BCUT2D eigenvalue weighted by Crippen LogP contribution is -2.26. The van der Waals surface area contributed by atoms with Gasteiger partial charge in [-0.3, -0.25) is 0 Å². The lowest BCUT2D eigenvalue weighted by atomic mass is 10.2. The van der Waals surface area contributed by atoms with Crippen LogP contribution in [-0.2, 0) is 26.2 Å². The first kappa shape index (κ1) is 33.0. The fourth-order valence-electron chi connectivity index (χ4n) is 4.20. The smallest absolute Gasteiger partial charge is 0.147 e. The van der Waals surface area contributed by atoms with Gasteiger partial charge in [-0.2, -0.15) is 0 Å². The predicted molar refractivity (Wildman–Crippen MR) is 199 cm³/mol. The second-order valence-corrected chi connectivity index (χ2v) is 15.8. The minimum atomic E-state index is 0.821. The molecule has 0 saturated carbocycles. The Bertz CT molecular complexity index is 1140. The minimum absolute atomic E-state index is 0.821. The highest BCUT2D eigenvalue weighted by Gasteiger charge is 2.14. The Morgan fingerprint density at radius 3 is 0.952 bits per heavy atom. The van der Waals surface area contributed by atoms with E-state index in [1.54, 1.807) is 21.6 Å². The molecule has 0 heterocycles. The standard InChI is InChI=1S/C34H36N2S6/c37-33(35(25-29-15-5-1-6-16-29)26-30-17-7-2-8-18-30)41-39-23-13-14-24-40-42-34(38)36(27-31-19-9-3-10-20-31)28-32-21-11-4-12-22-32/h1-12,15-22H,13-14,23-28H2. The van der Waals surface area contributed by atoms with Crippen molar-refractivity contribution < 1.29 is 0 Å². The Labute approximate surface area is 278 Å².